The number of fused-ring (bicyclic) bond motifs is 1. The lowest BCUT2D eigenvalue weighted by Gasteiger charge is -2.29. The number of amides is 1. The molecule has 1 aliphatic carbocycles. The molecule has 6 heteroatoms. The van der Waals surface area contributed by atoms with Crippen molar-refractivity contribution < 1.29 is 4.79 Å². The van der Waals surface area contributed by atoms with Gasteiger partial charge in [-0.1, -0.05) is 44.0 Å². The van der Waals surface area contributed by atoms with Crippen molar-refractivity contribution in [1.29, 1.82) is 0 Å². The molecule has 1 aromatic carbocycles. The van der Waals surface area contributed by atoms with Crippen molar-refractivity contribution in [3.63, 3.8) is 0 Å². The quantitative estimate of drug-likeness (QED) is 0.747. The van der Waals surface area contributed by atoms with Crippen LogP contribution in [0, 0.1) is 5.92 Å². The van der Waals surface area contributed by atoms with Crippen LogP contribution < -0.4 is 10.9 Å². The molecule has 1 saturated carbocycles. The van der Waals surface area contributed by atoms with Crippen LogP contribution in [0.2, 0.25) is 0 Å². The van der Waals surface area contributed by atoms with E-state index in [1.54, 1.807) is 17.4 Å². The molecule has 0 unspecified atom stereocenters. The Morgan fingerprint density at radius 1 is 1.19 bits per heavy atom. The summed E-state index contributed by atoms with van der Waals surface area (Å²) in [5, 5.41) is 11.1. The van der Waals surface area contributed by atoms with Crippen LogP contribution in [0.4, 0.5) is 0 Å². The molecule has 140 valence electrons. The molecule has 1 fully saturated rings. The summed E-state index contributed by atoms with van der Waals surface area (Å²) in [6, 6.07) is 11.6. The third-order valence-corrected chi connectivity index (χ3v) is 6.25. The Morgan fingerprint density at radius 3 is 2.70 bits per heavy atom. The Bertz CT molecular complexity index is 1010. The van der Waals surface area contributed by atoms with Gasteiger partial charge in [-0.25, -0.2) is 4.68 Å². The highest BCUT2D eigenvalue weighted by Crippen LogP contribution is 2.28. The molecule has 1 amide bonds. The van der Waals surface area contributed by atoms with E-state index in [0.29, 0.717) is 11.3 Å². The minimum atomic E-state index is -0.224. The second kappa shape index (κ2) is 7.64. The van der Waals surface area contributed by atoms with Gasteiger partial charge in [-0.05, 0) is 36.3 Å². The van der Waals surface area contributed by atoms with E-state index in [9.17, 15) is 9.59 Å². The van der Waals surface area contributed by atoms with Crippen LogP contribution in [0.25, 0.3) is 21.3 Å². The second-order valence-corrected chi connectivity index (χ2v) is 8.22. The molecule has 0 spiro atoms. The van der Waals surface area contributed by atoms with Gasteiger partial charge in [0.15, 0.2) is 0 Å². The van der Waals surface area contributed by atoms with Gasteiger partial charge in [0.1, 0.15) is 12.2 Å². The first-order valence-corrected chi connectivity index (χ1v) is 10.3. The number of carbonyl (C=O) groups is 1. The Labute approximate surface area is 162 Å². The maximum atomic E-state index is 12.9. The molecular weight excluding hydrogens is 358 g/mol. The fourth-order valence-electron chi connectivity index (χ4n) is 3.86. The van der Waals surface area contributed by atoms with E-state index in [2.05, 4.69) is 17.3 Å². The van der Waals surface area contributed by atoms with Crippen LogP contribution in [0.15, 0.2) is 46.6 Å². The molecule has 2 aromatic heterocycles. The number of thiophene rings is 1. The van der Waals surface area contributed by atoms with Crippen LogP contribution in [0.1, 0.15) is 32.6 Å². The van der Waals surface area contributed by atoms with Crippen molar-refractivity contribution in [1.82, 2.24) is 15.1 Å². The molecule has 27 heavy (non-hydrogen) atoms. The predicted octanol–water partition coefficient (Wildman–Crippen LogP) is 3.82. The SMILES string of the molecule is C[C@@H]1CCCC[C@H]1NC(=O)Cn1nc(-c2cccs2)c2ccccc2c1=O. The Balaban J connectivity index is 1.66. The fraction of sp³-hybridized carbons (Fsp3) is 0.381. The maximum Gasteiger partial charge on any atom is 0.275 e. The highest BCUT2D eigenvalue weighted by Gasteiger charge is 2.23. The Hall–Kier alpha value is -2.47. The zero-order valence-electron chi connectivity index (χ0n) is 15.4. The molecule has 5 nitrogen and oxygen atoms in total. The van der Waals surface area contributed by atoms with Crippen LogP contribution in [0.5, 0.6) is 0 Å². The van der Waals surface area contributed by atoms with E-state index in [1.165, 1.54) is 11.1 Å². The summed E-state index contributed by atoms with van der Waals surface area (Å²) >= 11 is 1.57. The topological polar surface area (TPSA) is 64.0 Å². The minimum absolute atomic E-state index is 0.0503. The first-order valence-electron chi connectivity index (χ1n) is 9.46. The highest BCUT2D eigenvalue weighted by molar-refractivity contribution is 7.13. The smallest absolute Gasteiger partial charge is 0.275 e. The van der Waals surface area contributed by atoms with Gasteiger partial charge in [-0.15, -0.1) is 11.3 Å². The van der Waals surface area contributed by atoms with Gasteiger partial charge >= 0.3 is 0 Å². The third-order valence-electron chi connectivity index (χ3n) is 5.37. The lowest BCUT2D eigenvalue weighted by Crippen LogP contribution is -2.43. The molecular formula is C21H23N3O2S. The number of hydrogen-bond acceptors (Lipinski definition) is 4. The summed E-state index contributed by atoms with van der Waals surface area (Å²) in [6.45, 7) is 2.13. The lowest BCUT2D eigenvalue weighted by molar-refractivity contribution is -0.123. The summed E-state index contributed by atoms with van der Waals surface area (Å²) in [5.74, 6) is 0.335. The van der Waals surface area contributed by atoms with Crippen LogP contribution >= 0.6 is 11.3 Å². The number of rotatable bonds is 4. The molecule has 1 N–H and O–H groups in total. The number of benzene rings is 1. The minimum Gasteiger partial charge on any atom is -0.351 e. The number of carbonyl (C=O) groups excluding carboxylic acids is 1. The maximum absolute atomic E-state index is 12.9. The Kier molecular flexibility index (Phi) is 5.07. The van der Waals surface area contributed by atoms with Gasteiger partial charge in [-0.3, -0.25) is 9.59 Å². The van der Waals surface area contributed by atoms with Gasteiger partial charge < -0.3 is 5.32 Å². The number of hydrogen-bond donors (Lipinski definition) is 1. The van der Waals surface area contributed by atoms with E-state index in [-0.39, 0.29) is 24.1 Å². The lowest BCUT2D eigenvalue weighted by atomic mass is 9.86. The van der Waals surface area contributed by atoms with Crippen LogP contribution in [-0.2, 0) is 11.3 Å². The third kappa shape index (κ3) is 3.67. The van der Waals surface area contributed by atoms with Crippen LogP contribution in [0.3, 0.4) is 0 Å². The van der Waals surface area contributed by atoms with Crippen molar-refractivity contribution >= 4 is 28.0 Å². The molecule has 1 aliphatic rings. The molecule has 2 heterocycles. The van der Waals surface area contributed by atoms with Crippen molar-refractivity contribution in [2.24, 2.45) is 5.92 Å². The van der Waals surface area contributed by atoms with E-state index in [0.717, 1.165) is 35.2 Å². The standard InChI is InChI=1S/C21H23N3O2S/c1-14-7-2-5-10-17(14)22-19(25)13-24-21(26)16-9-4-3-8-15(16)20(23-24)18-11-6-12-27-18/h3-4,6,8-9,11-12,14,17H,2,5,7,10,13H2,1H3,(H,22,25)/t14-,17-/m1/s1. The first kappa shape index (κ1) is 17.9. The van der Waals surface area contributed by atoms with Gasteiger partial charge in [-0.2, -0.15) is 5.10 Å². The first-order chi connectivity index (χ1) is 13.1. The Morgan fingerprint density at radius 2 is 1.96 bits per heavy atom. The molecule has 0 saturated heterocycles. The molecule has 0 radical (unpaired) electrons. The fourth-order valence-corrected chi connectivity index (χ4v) is 4.58. The zero-order valence-corrected chi connectivity index (χ0v) is 16.2. The van der Waals surface area contributed by atoms with Gasteiger partial charge in [0, 0.05) is 11.4 Å². The highest BCUT2D eigenvalue weighted by atomic mass is 32.1. The van der Waals surface area contributed by atoms with Crippen LogP contribution in [-0.4, -0.2) is 21.7 Å². The molecule has 4 rings (SSSR count). The van der Waals surface area contributed by atoms with Crippen molar-refractivity contribution in [2.45, 2.75) is 45.2 Å². The normalized spacial score (nSPS) is 19.9. The second-order valence-electron chi connectivity index (χ2n) is 7.27. The van der Waals surface area contributed by atoms with E-state index in [4.69, 9.17) is 0 Å². The number of aromatic nitrogens is 2. The number of nitrogens with one attached hydrogen (secondary N) is 1. The molecule has 2 atom stereocenters. The van der Waals surface area contributed by atoms with Crippen molar-refractivity contribution in [2.75, 3.05) is 0 Å². The summed E-state index contributed by atoms with van der Waals surface area (Å²) in [4.78, 5) is 26.5. The molecule has 0 bridgehead atoms. The van der Waals surface area contributed by atoms with E-state index in [1.807, 2.05) is 35.7 Å². The van der Waals surface area contributed by atoms with Gasteiger partial charge in [0.05, 0.1) is 10.3 Å². The number of nitrogens with zero attached hydrogens (tertiary/aromatic N) is 2. The average molecular weight is 382 g/mol. The summed E-state index contributed by atoms with van der Waals surface area (Å²) < 4.78 is 1.31. The summed E-state index contributed by atoms with van der Waals surface area (Å²) in [7, 11) is 0. The van der Waals surface area contributed by atoms with Gasteiger partial charge in [0.25, 0.3) is 5.56 Å². The van der Waals surface area contributed by atoms with Crippen molar-refractivity contribution in [3.8, 4) is 10.6 Å². The summed E-state index contributed by atoms with van der Waals surface area (Å²) in [6.07, 6.45) is 4.52. The average Bonchev–Trinajstić information content (AvgIpc) is 3.20. The molecule has 0 aliphatic heterocycles. The summed E-state index contributed by atoms with van der Waals surface area (Å²) in [5.41, 5.74) is 0.525. The van der Waals surface area contributed by atoms with Gasteiger partial charge in [0.2, 0.25) is 5.91 Å². The monoisotopic (exact) mass is 381 g/mol. The zero-order chi connectivity index (χ0) is 18.8. The molecule has 3 aromatic rings. The van der Waals surface area contributed by atoms with Crippen molar-refractivity contribution in [3.05, 3.63) is 52.1 Å². The largest absolute Gasteiger partial charge is 0.351 e. The van der Waals surface area contributed by atoms with E-state index >= 15 is 0 Å². The predicted molar refractivity (Wildman–Crippen MR) is 109 cm³/mol. The van der Waals surface area contributed by atoms with E-state index < -0.39 is 0 Å².